The number of aryl methyl sites for hydroxylation is 1. The first-order valence-electron chi connectivity index (χ1n) is 8.91. The lowest BCUT2D eigenvalue weighted by atomic mass is 10.2. The molecule has 2 aromatic carbocycles. The van der Waals surface area contributed by atoms with Gasteiger partial charge in [-0.05, 0) is 36.2 Å². The number of hydrogen-bond acceptors (Lipinski definition) is 4. The number of nitrogens with zero attached hydrogens (tertiary/aromatic N) is 3. The molecule has 6 heteroatoms. The Morgan fingerprint density at radius 2 is 1.79 bits per heavy atom. The van der Waals surface area contributed by atoms with Gasteiger partial charge in [0.05, 0.1) is 15.9 Å². The molecule has 0 saturated heterocycles. The van der Waals surface area contributed by atoms with Gasteiger partial charge in [0.1, 0.15) is 5.52 Å². The van der Waals surface area contributed by atoms with E-state index in [4.69, 9.17) is 4.99 Å². The van der Waals surface area contributed by atoms with Crippen LogP contribution in [0.3, 0.4) is 0 Å². The van der Waals surface area contributed by atoms with Gasteiger partial charge < -0.3 is 4.98 Å². The minimum absolute atomic E-state index is 0.131. The van der Waals surface area contributed by atoms with Gasteiger partial charge in [0.15, 0.2) is 10.6 Å². The van der Waals surface area contributed by atoms with Crippen LogP contribution in [-0.2, 0) is 0 Å². The highest BCUT2D eigenvalue weighted by Crippen LogP contribution is 2.28. The zero-order chi connectivity index (χ0) is 19.1. The number of aromatic amines is 1. The number of nitrogens with one attached hydrogen (secondary N) is 1. The van der Waals surface area contributed by atoms with E-state index in [9.17, 15) is 4.79 Å². The Hall–Kier alpha value is -3.51. The molecule has 0 radical (unpaired) electrons. The third-order valence-electron chi connectivity index (χ3n) is 4.65. The molecule has 136 valence electrons. The highest BCUT2D eigenvalue weighted by molar-refractivity contribution is 7.13. The number of rotatable bonds is 2. The van der Waals surface area contributed by atoms with Crippen LogP contribution < -0.4 is 10.4 Å². The highest BCUT2D eigenvalue weighted by atomic mass is 32.1. The Bertz CT molecular complexity index is 1440. The van der Waals surface area contributed by atoms with Gasteiger partial charge in [0.25, 0.3) is 5.56 Å². The van der Waals surface area contributed by atoms with Crippen LogP contribution in [0.25, 0.3) is 27.0 Å². The van der Waals surface area contributed by atoms with Crippen molar-refractivity contribution in [2.75, 3.05) is 0 Å². The smallest absolute Gasteiger partial charge is 0.274 e. The molecule has 0 spiro atoms. The van der Waals surface area contributed by atoms with E-state index in [1.807, 2.05) is 78.1 Å². The molecule has 0 unspecified atom stereocenters. The van der Waals surface area contributed by atoms with Crippen molar-refractivity contribution in [3.05, 3.63) is 93.6 Å². The fraction of sp³-hybridized carbons (Fsp3) is 0.0455. The molecule has 0 atom stereocenters. The van der Waals surface area contributed by atoms with Crippen LogP contribution in [0.15, 0.2) is 82.7 Å². The van der Waals surface area contributed by atoms with E-state index in [1.54, 1.807) is 6.20 Å². The molecular weight excluding hydrogens is 368 g/mol. The first-order chi connectivity index (χ1) is 13.7. The van der Waals surface area contributed by atoms with Crippen LogP contribution in [0.5, 0.6) is 0 Å². The average molecular weight is 384 g/mol. The molecule has 1 N–H and O–H groups in total. The van der Waals surface area contributed by atoms with Crippen molar-refractivity contribution >= 4 is 33.7 Å². The molecule has 0 saturated carbocycles. The number of H-pyrrole nitrogens is 1. The summed E-state index contributed by atoms with van der Waals surface area (Å²) in [5.74, 6) is 0.655. The summed E-state index contributed by atoms with van der Waals surface area (Å²) in [7, 11) is 0. The standard InChI is InChI=1S/C22H16N4OS/c1-14-8-7-13-23-20(14)25-22-26-17-12-6-5-11-16(17)24-21(27)18(26)19(28-22)15-9-3-2-4-10-15/h2-13H,1H3,(H,24,27). The minimum Gasteiger partial charge on any atom is -0.319 e. The molecular formula is C22H16N4OS. The maximum Gasteiger partial charge on any atom is 0.274 e. The average Bonchev–Trinajstić information content (AvgIpc) is 3.11. The molecule has 0 aliphatic heterocycles. The van der Waals surface area contributed by atoms with Crippen LogP contribution in [0.4, 0.5) is 5.82 Å². The van der Waals surface area contributed by atoms with E-state index in [2.05, 4.69) is 9.97 Å². The zero-order valence-corrected chi connectivity index (χ0v) is 15.9. The van der Waals surface area contributed by atoms with E-state index in [1.165, 1.54) is 11.3 Å². The molecule has 0 aliphatic rings. The zero-order valence-electron chi connectivity index (χ0n) is 15.1. The van der Waals surface area contributed by atoms with Gasteiger partial charge in [0, 0.05) is 6.20 Å². The summed E-state index contributed by atoms with van der Waals surface area (Å²) in [6, 6.07) is 21.6. The molecule has 0 amide bonds. The van der Waals surface area contributed by atoms with Crippen molar-refractivity contribution in [3.63, 3.8) is 0 Å². The second-order valence-electron chi connectivity index (χ2n) is 6.49. The first kappa shape index (κ1) is 16.6. The van der Waals surface area contributed by atoms with Crippen LogP contribution in [0.2, 0.25) is 0 Å². The van der Waals surface area contributed by atoms with Gasteiger partial charge in [0.2, 0.25) is 0 Å². The molecule has 0 fully saturated rings. The third-order valence-corrected chi connectivity index (χ3v) is 5.74. The van der Waals surface area contributed by atoms with Crippen LogP contribution in [0, 0.1) is 6.92 Å². The van der Waals surface area contributed by atoms with E-state index >= 15 is 0 Å². The molecule has 28 heavy (non-hydrogen) atoms. The summed E-state index contributed by atoms with van der Waals surface area (Å²) in [5, 5.41) is 0. The van der Waals surface area contributed by atoms with Crippen molar-refractivity contribution in [3.8, 4) is 10.4 Å². The van der Waals surface area contributed by atoms with Gasteiger partial charge in [-0.2, -0.15) is 0 Å². The highest BCUT2D eigenvalue weighted by Gasteiger charge is 2.15. The van der Waals surface area contributed by atoms with Crippen molar-refractivity contribution in [1.82, 2.24) is 14.4 Å². The second kappa shape index (κ2) is 6.58. The first-order valence-corrected chi connectivity index (χ1v) is 9.72. The Kier molecular flexibility index (Phi) is 3.91. The van der Waals surface area contributed by atoms with E-state index in [0.717, 1.165) is 31.8 Å². The van der Waals surface area contributed by atoms with E-state index < -0.39 is 0 Å². The number of benzene rings is 2. The van der Waals surface area contributed by atoms with Crippen LogP contribution in [0.1, 0.15) is 5.56 Å². The Labute approximate surface area is 164 Å². The van der Waals surface area contributed by atoms with Gasteiger partial charge in [-0.25, -0.2) is 9.98 Å². The molecule has 3 heterocycles. The lowest BCUT2D eigenvalue weighted by Crippen LogP contribution is -2.16. The van der Waals surface area contributed by atoms with Gasteiger partial charge in [-0.3, -0.25) is 9.20 Å². The summed E-state index contributed by atoms with van der Waals surface area (Å²) in [6.45, 7) is 1.98. The maximum atomic E-state index is 13.0. The number of aromatic nitrogens is 3. The normalized spacial score (nSPS) is 12.1. The maximum absolute atomic E-state index is 13.0. The summed E-state index contributed by atoms with van der Waals surface area (Å²) in [6.07, 6.45) is 1.73. The summed E-state index contributed by atoms with van der Waals surface area (Å²) in [4.78, 5) is 26.8. The van der Waals surface area contributed by atoms with E-state index in [-0.39, 0.29) is 5.56 Å². The number of fused-ring (bicyclic) bond motifs is 3. The number of pyridine rings is 1. The second-order valence-corrected chi connectivity index (χ2v) is 7.47. The fourth-order valence-corrected chi connectivity index (χ4v) is 4.44. The monoisotopic (exact) mass is 384 g/mol. The number of hydrogen-bond donors (Lipinski definition) is 1. The van der Waals surface area contributed by atoms with Crippen LogP contribution >= 0.6 is 11.3 Å². The topological polar surface area (TPSA) is 62.5 Å². The Balaban J connectivity index is 1.98. The van der Waals surface area contributed by atoms with Crippen molar-refractivity contribution in [2.24, 2.45) is 4.99 Å². The Morgan fingerprint density at radius 1 is 1.00 bits per heavy atom. The number of para-hydroxylation sites is 2. The molecule has 0 bridgehead atoms. The lowest BCUT2D eigenvalue weighted by molar-refractivity contribution is 1.09. The molecule has 5 rings (SSSR count). The molecule has 3 aromatic heterocycles. The molecule has 5 aromatic rings. The van der Waals surface area contributed by atoms with Gasteiger partial charge in [-0.1, -0.05) is 59.9 Å². The SMILES string of the molecule is Cc1cccnc1N=c1sc(-c2ccccc2)c2c(=O)[nH]c3ccccc3n12. The Morgan fingerprint density at radius 3 is 2.61 bits per heavy atom. The summed E-state index contributed by atoms with van der Waals surface area (Å²) < 4.78 is 1.94. The van der Waals surface area contributed by atoms with Crippen molar-refractivity contribution in [2.45, 2.75) is 6.92 Å². The predicted molar refractivity (Wildman–Crippen MR) is 113 cm³/mol. The van der Waals surface area contributed by atoms with Crippen molar-refractivity contribution in [1.29, 1.82) is 0 Å². The van der Waals surface area contributed by atoms with Gasteiger partial charge >= 0.3 is 0 Å². The van der Waals surface area contributed by atoms with Crippen LogP contribution in [-0.4, -0.2) is 14.4 Å². The van der Waals surface area contributed by atoms with Gasteiger partial charge in [-0.15, -0.1) is 0 Å². The minimum atomic E-state index is -0.131. The fourth-order valence-electron chi connectivity index (χ4n) is 3.31. The molecule has 0 aliphatic carbocycles. The van der Waals surface area contributed by atoms with E-state index in [0.29, 0.717) is 11.3 Å². The van der Waals surface area contributed by atoms with Crippen molar-refractivity contribution < 1.29 is 0 Å². The largest absolute Gasteiger partial charge is 0.319 e. The predicted octanol–water partition coefficient (Wildman–Crippen LogP) is 4.45. The third kappa shape index (κ3) is 2.66. The molecule has 5 nitrogen and oxygen atoms in total. The number of thiazole rings is 1. The lowest BCUT2D eigenvalue weighted by Gasteiger charge is -2.04. The summed E-state index contributed by atoms with van der Waals surface area (Å²) >= 11 is 1.49. The summed E-state index contributed by atoms with van der Waals surface area (Å²) in [5.41, 5.74) is 4.12. The quantitative estimate of drug-likeness (QED) is 0.489.